The standard InChI is InChI=1S/C16H18ClN3O/c1-2-20(11-12-5-3-4-6-15(12)17)16(21)9-14-8-7-13(18)10-19-14/h3-8,10H,2,9,11,18H2,1H3. The number of likely N-dealkylation sites (N-methyl/N-ethyl adjacent to an activating group) is 1. The molecule has 0 spiro atoms. The Labute approximate surface area is 129 Å². The highest BCUT2D eigenvalue weighted by Gasteiger charge is 2.14. The van der Waals surface area contributed by atoms with Crippen molar-refractivity contribution >= 4 is 23.2 Å². The van der Waals surface area contributed by atoms with Gasteiger partial charge in [0.15, 0.2) is 0 Å². The van der Waals surface area contributed by atoms with Crippen molar-refractivity contribution < 1.29 is 4.79 Å². The molecular weight excluding hydrogens is 286 g/mol. The number of hydrogen-bond acceptors (Lipinski definition) is 3. The van der Waals surface area contributed by atoms with Gasteiger partial charge in [0.05, 0.1) is 18.3 Å². The van der Waals surface area contributed by atoms with Crippen molar-refractivity contribution in [2.45, 2.75) is 19.9 Å². The summed E-state index contributed by atoms with van der Waals surface area (Å²) < 4.78 is 0. The molecule has 0 saturated carbocycles. The number of carbonyl (C=O) groups excluding carboxylic acids is 1. The minimum Gasteiger partial charge on any atom is -0.397 e. The second kappa shape index (κ2) is 7.09. The normalized spacial score (nSPS) is 10.4. The first-order valence-electron chi connectivity index (χ1n) is 6.81. The molecule has 1 amide bonds. The van der Waals surface area contributed by atoms with E-state index in [9.17, 15) is 4.79 Å². The number of anilines is 1. The number of nitrogens with two attached hydrogens (primary N) is 1. The Morgan fingerprint density at radius 1 is 1.29 bits per heavy atom. The highest BCUT2D eigenvalue weighted by Crippen LogP contribution is 2.17. The van der Waals surface area contributed by atoms with Crippen molar-refractivity contribution in [3.05, 3.63) is 58.9 Å². The number of aromatic nitrogens is 1. The van der Waals surface area contributed by atoms with Crippen LogP contribution in [0.1, 0.15) is 18.2 Å². The van der Waals surface area contributed by atoms with Crippen LogP contribution in [-0.2, 0) is 17.8 Å². The molecule has 0 atom stereocenters. The lowest BCUT2D eigenvalue weighted by Gasteiger charge is -2.21. The lowest BCUT2D eigenvalue weighted by atomic mass is 10.2. The first kappa shape index (κ1) is 15.3. The molecule has 0 aliphatic carbocycles. The smallest absolute Gasteiger partial charge is 0.228 e. The van der Waals surface area contributed by atoms with Crippen LogP contribution >= 0.6 is 11.6 Å². The molecule has 0 saturated heterocycles. The van der Waals surface area contributed by atoms with Gasteiger partial charge in [0, 0.05) is 23.8 Å². The number of pyridine rings is 1. The minimum absolute atomic E-state index is 0.0229. The largest absolute Gasteiger partial charge is 0.397 e. The predicted octanol–water partition coefficient (Wildman–Crippen LogP) is 2.91. The molecule has 1 aromatic heterocycles. The van der Waals surface area contributed by atoms with Crippen LogP contribution in [0.5, 0.6) is 0 Å². The van der Waals surface area contributed by atoms with Gasteiger partial charge in [-0.3, -0.25) is 9.78 Å². The van der Waals surface area contributed by atoms with Crippen molar-refractivity contribution in [2.75, 3.05) is 12.3 Å². The van der Waals surface area contributed by atoms with E-state index in [0.717, 1.165) is 5.56 Å². The highest BCUT2D eigenvalue weighted by atomic mass is 35.5. The van der Waals surface area contributed by atoms with E-state index in [1.807, 2.05) is 31.2 Å². The average Bonchev–Trinajstić information content (AvgIpc) is 2.48. The van der Waals surface area contributed by atoms with Gasteiger partial charge in [-0.05, 0) is 30.7 Å². The third kappa shape index (κ3) is 4.20. The van der Waals surface area contributed by atoms with E-state index in [1.165, 1.54) is 0 Å². The Bertz CT molecular complexity index is 613. The van der Waals surface area contributed by atoms with Crippen LogP contribution in [0.15, 0.2) is 42.6 Å². The number of halogens is 1. The molecule has 0 aliphatic rings. The van der Waals surface area contributed by atoms with Gasteiger partial charge in [-0.25, -0.2) is 0 Å². The van der Waals surface area contributed by atoms with Crippen molar-refractivity contribution in [1.82, 2.24) is 9.88 Å². The fourth-order valence-electron chi connectivity index (χ4n) is 2.02. The molecule has 0 radical (unpaired) electrons. The molecule has 2 N–H and O–H groups in total. The van der Waals surface area contributed by atoms with Gasteiger partial charge in [-0.2, -0.15) is 0 Å². The maximum absolute atomic E-state index is 12.4. The Morgan fingerprint density at radius 2 is 2.05 bits per heavy atom. The van der Waals surface area contributed by atoms with Crippen molar-refractivity contribution in [1.29, 1.82) is 0 Å². The summed E-state index contributed by atoms with van der Waals surface area (Å²) >= 11 is 6.14. The zero-order chi connectivity index (χ0) is 15.2. The van der Waals surface area contributed by atoms with Crippen molar-refractivity contribution in [2.24, 2.45) is 0 Å². The lowest BCUT2D eigenvalue weighted by Crippen LogP contribution is -2.31. The number of amides is 1. The Balaban J connectivity index is 2.05. The van der Waals surface area contributed by atoms with Crippen LogP contribution in [0.4, 0.5) is 5.69 Å². The van der Waals surface area contributed by atoms with Gasteiger partial charge in [-0.1, -0.05) is 29.8 Å². The van der Waals surface area contributed by atoms with Crippen molar-refractivity contribution in [3.8, 4) is 0 Å². The molecule has 1 heterocycles. The molecule has 0 bridgehead atoms. The van der Waals surface area contributed by atoms with Gasteiger partial charge >= 0.3 is 0 Å². The van der Waals surface area contributed by atoms with E-state index < -0.39 is 0 Å². The third-order valence-corrected chi connectivity index (χ3v) is 3.60. The summed E-state index contributed by atoms with van der Waals surface area (Å²) in [7, 11) is 0. The van der Waals surface area contributed by atoms with E-state index in [4.69, 9.17) is 17.3 Å². The second-order valence-electron chi connectivity index (χ2n) is 4.76. The van der Waals surface area contributed by atoms with Crippen LogP contribution in [0, 0.1) is 0 Å². The van der Waals surface area contributed by atoms with Crippen molar-refractivity contribution in [3.63, 3.8) is 0 Å². The summed E-state index contributed by atoms with van der Waals surface area (Å²) in [6.07, 6.45) is 1.82. The summed E-state index contributed by atoms with van der Waals surface area (Å²) in [4.78, 5) is 18.3. The molecule has 2 rings (SSSR count). The van der Waals surface area contributed by atoms with Crippen LogP contribution in [0.25, 0.3) is 0 Å². The number of carbonyl (C=O) groups is 1. The number of nitrogens with zero attached hydrogens (tertiary/aromatic N) is 2. The number of hydrogen-bond donors (Lipinski definition) is 1. The van der Waals surface area contributed by atoms with E-state index in [1.54, 1.807) is 23.2 Å². The van der Waals surface area contributed by atoms with E-state index >= 15 is 0 Å². The Hall–Kier alpha value is -2.07. The molecule has 4 nitrogen and oxygen atoms in total. The van der Waals surface area contributed by atoms with Crippen LogP contribution < -0.4 is 5.73 Å². The fraction of sp³-hybridized carbons (Fsp3) is 0.250. The summed E-state index contributed by atoms with van der Waals surface area (Å²) in [5.41, 5.74) is 7.84. The van der Waals surface area contributed by atoms with E-state index in [2.05, 4.69) is 4.98 Å². The number of rotatable bonds is 5. The predicted molar refractivity (Wildman–Crippen MR) is 84.9 cm³/mol. The number of nitrogen functional groups attached to an aromatic ring is 1. The average molecular weight is 304 g/mol. The molecule has 1 aromatic carbocycles. The lowest BCUT2D eigenvalue weighted by molar-refractivity contribution is -0.130. The minimum atomic E-state index is 0.0229. The van der Waals surface area contributed by atoms with E-state index in [0.29, 0.717) is 29.5 Å². The first-order chi connectivity index (χ1) is 10.1. The summed E-state index contributed by atoms with van der Waals surface area (Å²) in [5, 5.41) is 0.675. The zero-order valence-corrected chi connectivity index (χ0v) is 12.7. The fourth-order valence-corrected chi connectivity index (χ4v) is 2.21. The van der Waals surface area contributed by atoms with Crippen LogP contribution in [-0.4, -0.2) is 22.3 Å². The monoisotopic (exact) mass is 303 g/mol. The maximum Gasteiger partial charge on any atom is 0.228 e. The van der Waals surface area contributed by atoms with Gasteiger partial charge < -0.3 is 10.6 Å². The van der Waals surface area contributed by atoms with E-state index in [-0.39, 0.29) is 12.3 Å². The SMILES string of the molecule is CCN(Cc1ccccc1Cl)C(=O)Cc1ccc(N)cn1. The molecule has 2 aromatic rings. The van der Waals surface area contributed by atoms with Crippen LogP contribution in [0.2, 0.25) is 5.02 Å². The summed E-state index contributed by atoms with van der Waals surface area (Å²) in [6, 6.07) is 11.1. The number of benzene rings is 1. The Kier molecular flexibility index (Phi) is 5.17. The second-order valence-corrected chi connectivity index (χ2v) is 5.17. The maximum atomic E-state index is 12.4. The molecular formula is C16H18ClN3O. The van der Waals surface area contributed by atoms with Gasteiger partial charge in [0.1, 0.15) is 0 Å². The molecule has 21 heavy (non-hydrogen) atoms. The topological polar surface area (TPSA) is 59.2 Å². The van der Waals surface area contributed by atoms with Gasteiger partial charge in [0.2, 0.25) is 5.91 Å². The molecule has 110 valence electrons. The molecule has 0 aliphatic heterocycles. The Morgan fingerprint density at radius 3 is 2.67 bits per heavy atom. The molecule has 0 unspecified atom stereocenters. The van der Waals surface area contributed by atoms with Crippen LogP contribution in [0.3, 0.4) is 0 Å². The molecule has 0 fully saturated rings. The molecule has 5 heteroatoms. The van der Waals surface area contributed by atoms with Gasteiger partial charge in [-0.15, -0.1) is 0 Å². The summed E-state index contributed by atoms with van der Waals surface area (Å²) in [6.45, 7) is 3.08. The zero-order valence-electron chi connectivity index (χ0n) is 11.9. The highest BCUT2D eigenvalue weighted by molar-refractivity contribution is 6.31. The first-order valence-corrected chi connectivity index (χ1v) is 7.19. The van der Waals surface area contributed by atoms with Gasteiger partial charge in [0.25, 0.3) is 0 Å². The summed E-state index contributed by atoms with van der Waals surface area (Å²) in [5.74, 6) is 0.0229. The quantitative estimate of drug-likeness (QED) is 0.924. The third-order valence-electron chi connectivity index (χ3n) is 3.23.